The Morgan fingerprint density at radius 3 is 2.66 bits per heavy atom. The Kier molecular flexibility index (Phi) is 6.33. The van der Waals surface area contributed by atoms with Gasteiger partial charge in [0.2, 0.25) is 0 Å². The van der Waals surface area contributed by atoms with Crippen LogP contribution in [0.15, 0.2) is 53.4 Å². The minimum atomic E-state index is -0.600. The molecule has 1 heterocycles. The normalized spacial score (nSPS) is 17.6. The molecule has 2 aromatic carbocycles. The third-order valence-electron chi connectivity index (χ3n) is 4.38. The molecular formula is C21H22N2O5S. The summed E-state index contributed by atoms with van der Waals surface area (Å²) in [6, 6.07) is 10.9. The van der Waals surface area contributed by atoms with Gasteiger partial charge in [0.1, 0.15) is 11.1 Å². The van der Waals surface area contributed by atoms with Crippen molar-refractivity contribution < 1.29 is 24.5 Å². The number of allylic oxidation sites excluding steroid dienone is 1. The maximum atomic E-state index is 12.9. The van der Waals surface area contributed by atoms with E-state index in [4.69, 9.17) is 4.74 Å². The van der Waals surface area contributed by atoms with E-state index in [2.05, 4.69) is 5.43 Å². The molecule has 3 N–H and O–H groups in total. The molecule has 0 radical (unpaired) electrons. The van der Waals surface area contributed by atoms with Crippen LogP contribution in [0.25, 0.3) is 0 Å². The molecule has 1 aliphatic rings. The number of phenols is 2. The van der Waals surface area contributed by atoms with Crippen molar-refractivity contribution in [2.24, 2.45) is 0 Å². The zero-order valence-electron chi connectivity index (χ0n) is 16.1. The van der Waals surface area contributed by atoms with Gasteiger partial charge in [0.15, 0.2) is 11.5 Å². The predicted molar refractivity (Wildman–Crippen MR) is 110 cm³/mol. The van der Waals surface area contributed by atoms with Crippen LogP contribution in [-0.4, -0.2) is 34.1 Å². The van der Waals surface area contributed by atoms with Crippen molar-refractivity contribution in [2.45, 2.75) is 25.1 Å². The average molecular weight is 414 g/mol. The van der Waals surface area contributed by atoms with Crippen LogP contribution in [-0.2, 0) is 4.79 Å². The third kappa shape index (κ3) is 4.32. The highest BCUT2D eigenvalue weighted by Gasteiger charge is 2.39. The van der Waals surface area contributed by atoms with Gasteiger partial charge in [-0.1, -0.05) is 49.4 Å². The smallest absolute Gasteiger partial charge is 0.279 e. The van der Waals surface area contributed by atoms with Gasteiger partial charge < -0.3 is 14.9 Å². The Morgan fingerprint density at radius 1 is 1.24 bits per heavy atom. The number of benzene rings is 2. The number of methoxy groups -OCH3 is 1. The fourth-order valence-electron chi connectivity index (χ4n) is 2.88. The maximum absolute atomic E-state index is 12.9. The predicted octanol–water partition coefficient (Wildman–Crippen LogP) is 3.71. The van der Waals surface area contributed by atoms with Crippen molar-refractivity contribution >= 4 is 23.6 Å². The molecular weight excluding hydrogens is 392 g/mol. The van der Waals surface area contributed by atoms with Gasteiger partial charge in [-0.2, -0.15) is 0 Å². The summed E-state index contributed by atoms with van der Waals surface area (Å²) in [4.78, 5) is 26.1. The number of ether oxygens (including phenoxy) is 1. The highest BCUT2D eigenvalue weighted by molar-refractivity contribution is 8.04. The van der Waals surface area contributed by atoms with Gasteiger partial charge in [0.05, 0.1) is 17.6 Å². The van der Waals surface area contributed by atoms with Crippen LogP contribution < -0.4 is 10.2 Å². The van der Waals surface area contributed by atoms with Crippen LogP contribution in [0.1, 0.15) is 41.1 Å². The van der Waals surface area contributed by atoms with Crippen molar-refractivity contribution in [3.05, 3.63) is 64.6 Å². The molecule has 3 rings (SSSR count). The molecule has 7 nitrogen and oxygen atoms in total. The van der Waals surface area contributed by atoms with Gasteiger partial charge in [-0.3, -0.25) is 15.0 Å². The number of hydrazine groups is 1. The quantitative estimate of drug-likeness (QED) is 0.623. The summed E-state index contributed by atoms with van der Waals surface area (Å²) < 4.78 is 5.07. The highest BCUT2D eigenvalue weighted by Crippen LogP contribution is 2.46. The first-order chi connectivity index (χ1) is 14.0. The Labute approximate surface area is 173 Å². The molecule has 0 bridgehead atoms. The summed E-state index contributed by atoms with van der Waals surface area (Å²) >= 11 is 1.29. The lowest BCUT2D eigenvalue weighted by atomic mass is 10.2. The molecule has 1 atom stereocenters. The van der Waals surface area contributed by atoms with Crippen LogP contribution >= 0.6 is 11.8 Å². The van der Waals surface area contributed by atoms with Gasteiger partial charge in [-0.15, -0.1) is 0 Å². The molecule has 0 saturated carbocycles. The van der Waals surface area contributed by atoms with Gasteiger partial charge in [0, 0.05) is 0 Å². The fraction of sp³-hybridized carbons (Fsp3) is 0.238. The molecule has 0 spiro atoms. The number of para-hydroxylation sites is 1. The van der Waals surface area contributed by atoms with E-state index in [1.54, 1.807) is 24.3 Å². The minimum Gasteiger partial charge on any atom is -0.507 e. The Balaban J connectivity index is 1.94. The third-order valence-corrected chi connectivity index (χ3v) is 5.68. The zero-order valence-corrected chi connectivity index (χ0v) is 16.9. The fourth-order valence-corrected chi connectivity index (χ4v) is 4.07. The van der Waals surface area contributed by atoms with Gasteiger partial charge in [-0.05, 0) is 36.2 Å². The van der Waals surface area contributed by atoms with Gasteiger partial charge >= 0.3 is 0 Å². The lowest BCUT2D eigenvalue weighted by molar-refractivity contribution is -0.128. The molecule has 8 heteroatoms. The molecule has 1 saturated heterocycles. The van der Waals surface area contributed by atoms with Crippen LogP contribution in [0, 0.1) is 0 Å². The molecule has 2 aromatic rings. The lowest BCUT2D eigenvalue weighted by Crippen LogP contribution is -2.44. The van der Waals surface area contributed by atoms with Gasteiger partial charge in [0.25, 0.3) is 11.8 Å². The summed E-state index contributed by atoms with van der Waals surface area (Å²) in [5.41, 5.74) is 3.29. The standard InChI is InChI=1S/C21H22N2O5S/c1-3-4-9-18-20(27)23(22-19(26)14-7-5-6-8-15(14)24)21(29-18)13-10-11-17(28-2)16(25)12-13/h5-12,21,24-25H,3-4H2,1-2H3,(H,22,26). The van der Waals surface area contributed by atoms with E-state index in [0.717, 1.165) is 12.8 Å². The first kappa shape index (κ1) is 20.6. The van der Waals surface area contributed by atoms with Crippen molar-refractivity contribution in [1.29, 1.82) is 0 Å². The van der Waals surface area contributed by atoms with Crippen LogP contribution in [0.3, 0.4) is 0 Å². The monoisotopic (exact) mass is 414 g/mol. The van der Waals surface area contributed by atoms with Gasteiger partial charge in [-0.25, -0.2) is 5.01 Å². The van der Waals surface area contributed by atoms with E-state index in [1.165, 1.54) is 42.1 Å². The first-order valence-electron chi connectivity index (χ1n) is 9.12. The molecule has 2 amide bonds. The largest absolute Gasteiger partial charge is 0.507 e. The minimum absolute atomic E-state index is 0.0592. The second-order valence-corrected chi connectivity index (χ2v) is 7.51. The number of nitrogens with one attached hydrogen (secondary N) is 1. The summed E-state index contributed by atoms with van der Waals surface area (Å²) in [5, 5.41) is 20.7. The van der Waals surface area contributed by atoms with E-state index < -0.39 is 11.3 Å². The SMILES string of the molecule is CCCC=C1SC(c2ccc(OC)c(O)c2)N(NC(=O)c2ccccc2O)C1=O. The zero-order chi connectivity index (χ0) is 21.0. The van der Waals surface area contributed by atoms with E-state index >= 15 is 0 Å². The van der Waals surface area contributed by atoms with Crippen molar-refractivity contribution in [3.63, 3.8) is 0 Å². The molecule has 0 aromatic heterocycles. The van der Waals surface area contributed by atoms with Crippen LogP contribution in [0.2, 0.25) is 0 Å². The number of aromatic hydroxyl groups is 2. The van der Waals surface area contributed by atoms with Crippen LogP contribution in [0.4, 0.5) is 0 Å². The van der Waals surface area contributed by atoms with Crippen molar-refractivity contribution in [2.75, 3.05) is 7.11 Å². The number of hydrogen-bond donors (Lipinski definition) is 3. The molecule has 1 fully saturated rings. The average Bonchev–Trinajstić information content (AvgIpc) is 3.02. The number of nitrogens with zero attached hydrogens (tertiary/aromatic N) is 1. The van der Waals surface area contributed by atoms with Crippen molar-refractivity contribution in [1.82, 2.24) is 10.4 Å². The number of carbonyl (C=O) groups excluding carboxylic acids is 2. The Morgan fingerprint density at radius 2 is 2.00 bits per heavy atom. The highest BCUT2D eigenvalue weighted by atomic mass is 32.2. The molecule has 29 heavy (non-hydrogen) atoms. The molecule has 1 unspecified atom stereocenters. The number of rotatable bonds is 6. The lowest BCUT2D eigenvalue weighted by Gasteiger charge is -2.24. The number of carbonyl (C=O) groups is 2. The Bertz CT molecular complexity index is 960. The summed E-state index contributed by atoms with van der Waals surface area (Å²) in [6.07, 6.45) is 3.46. The van der Waals surface area contributed by atoms with E-state index in [0.29, 0.717) is 16.2 Å². The summed E-state index contributed by atoms with van der Waals surface area (Å²) in [7, 11) is 1.45. The number of amides is 2. The molecule has 152 valence electrons. The number of hydrogen-bond acceptors (Lipinski definition) is 6. The molecule has 1 aliphatic heterocycles. The maximum Gasteiger partial charge on any atom is 0.279 e. The second kappa shape index (κ2) is 8.91. The van der Waals surface area contributed by atoms with E-state index in [9.17, 15) is 19.8 Å². The van der Waals surface area contributed by atoms with Crippen molar-refractivity contribution in [3.8, 4) is 17.2 Å². The number of unbranched alkanes of at least 4 members (excludes halogenated alkanes) is 1. The van der Waals surface area contributed by atoms with E-state index in [-0.39, 0.29) is 23.0 Å². The molecule has 0 aliphatic carbocycles. The van der Waals surface area contributed by atoms with E-state index in [1.807, 2.05) is 13.0 Å². The summed E-state index contributed by atoms with van der Waals surface area (Å²) in [6.45, 7) is 2.01. The second-order valence-electron chi connectivity index (χ2n) is 6.39. The summed E-state index contributed by atoms with van der Waals surface area (Å²) in [5.74, 6) is -0.862. The topological polar surface area (TPSA) is 99.1 Å². The number of phenolic OH excluding ortho intramolecular Hbond substituents is 2. The van der Waals surface area contributed by atoms with Crippen LogP contribution in [0.5, 0.6) is 17.2 Å². The Hall–Kier alpha value is -3.13. The first-order valence-corrected chi connectivity index (χ1v) is 10.0. The number of thioether (sulfide) groups is 1.